The number of halogens is 1. The Kier molecular flexibility index (Phi) is 5.22. The van der Waals surface area contributed by atoms with Gasteiger partial charge in [-0.1, -0.05) is 0 Å². The van der Waals surface area contributed by atoms with Crippen LogP contribution in [0.25, 0.3) is 0 Å². The van der Waals surface area contributed by atoms with Crippen LogP contribution in [0.15, 0.2) is 6.07 Å². The van der Waals surface area contributed by atoms with Crippen molar-refractivity contribution in [3.63, 3.8) is 0 Å². The van der Waals surface area contributed by atoms with E-state index in [1.54, 1.807) is 0 Å². The summed E-state index contributed by atoms with van der Waals surface area (Å²) in [6.07, 6.45) is 0. The second kappa shape index (κ2) is 6.22. The van der Waals surface area contributed by atoms with Gasteiger partial charge in [-0.3, -0.25) is 0 Å². The summed E-state index contributed by atoms with van der Waals surface area (Å²) in [5, 5.41) is 0. The van der Waals surface area contributed by atoms with Gasteiger partial charge in [-0.15, -0.1) is 11.6 Å². The molecule has 0 bridgehead atoms. The van der Waals surface area contributed by atoms with Gasteiger partial charge in [-0.2, -0.15) is 0 Å². The molecule has 1 rings (SSSR count). The van der Waals surface area contributed by atoms with Crippen molar-refractivity contribution in [3.05, 3.63) is 22.9 Å². The Morgan fingerprint density at radius 3 is 2.35 bits per heavy atom. The molecule has 1 aromatic rings. The maximum absolute atomic E-state index is 6.02. The van der Waals surface area contributed by atoms with Crippen LogP contribution in [0.4, 0.5) is 5.82 Å². The van der Waals surface area contributed by atoms with E-state index in [2.05, 4.69) is 48.9 Å². The summed E-state index contributed by atoms with van der Waals surface area (Å²) in [5.41, 5.74) is 3.40. The van der Waals surface area contributed by atoms with Crippen LogP contribution in [-0.2, 0) is 5.88 Å². The second-order valence-electron chi connectivity index (χ2n) is 4.74. The van der Waals surface area contributed by atoms with Crippen LogP contribution in [0.2, 0.25) is 0 Å². The summed E-state index contributed by atoms with van der Waals surface area (Å²) >= 11 is 6.02. The summed E-state index contributed by atoms with van der Waals surface area (Å²) in [4.78, 5) is 8.95. The molecule has 0 aliphatic carbocycles. The monoisotopic (exact) mass is 255 g/mol. The van der Waals surface area contributed by atoms with E-state index < -0.39 is 0 Å². The summed E-state index contributed by atoms with van der Waals surface area (Å²) < 4.78 is 0. The lowest BCUT2D eigenvalue weighted by Gasteiger charge is -2.24. The number of aromatic nitrogens is 1. The number of alkyl halides is 1. The highest BCUT2D eigenvalue weighted by atomic mass is 35.5. The molecule has 0 saturated heterocycles. The third-order valence-electron chi connectivity index (χ3n) is 2.83. The first-order valence-electron chi connectivity index (χ1n) is 5.84. The minimum atomic E-state index is 0.515. The summed E-state index contributed by atoms with van der Waals surface area (Å²) in [6.45, 7) is 6.07. The van der Waals surface area contributed by atoms with Gasteiger partial charge in [0.2, 0.25) is 0 Å². The normalized spacial score (nSPS) is 11.0. The van der Waals surface area contributed by atoms with Gasteiger partial charge in [0.05, 0.1) is 5.88 Å². The van der Waals surface area contributed by atoms with Gasteiger partial charge in [0.15, 0.2) is 0 Å². The number of pyridine rings is 1. The van der Waals surface area contributed by atoms with E-state index in [4.69, 9.17) is 11.6 Å². The molecule has 96 valence electrons. The van der Waals surface area contributed by atoms with Crippen molar-refractivity contribution in [3.8, 4) is 0 Å². The summed E-state index contributed by atoms with van der Waals surface area (Å²) in [6, 6.07) is 2.08. The maximum atomic E-state index is 6.02. The average Bonchev–Trinajstić information content (AvgIpc) is 2.24. The number of hydrogen-bond donors (Lipinski definition) is 0. The minimum absolute atomic E-state index is 0.515. The summed E-state index contributed by atoms with van der Waals surface area (Å²) in [5.74, 6) is 1.53. The quantitative estimate of drug-likeness (QED) is 0.754. The highest BCUT2D eigenvalue weighted by molar-refractivity contribution is 6.17. The lowest BCUT2D eigenvalue weighted by molar-refractivity contribution is 0.416. The van der Waals surface area contributed by atoms with E-state index in [0.717, 1.165) is 30.2 Å². The van der Waals surface area contributed by atoms with Crippen LogP contribution in [0.3, 0.4) is 0 Å². The molecular formula is C13H22ClN3. The fraction of sp³-hybridized carbons (Fsp3) is 0.615. The molecule has 0 saturated carbocycles. The van der Waals surface area contributed by atoms with Gasteiger partial charge in [-0.25, -0.2) is 4.98 Å². The molecule has 0 amide bonds. The van der Waals surface area contributed by atoms with Crippen molar-refractivity contribution in [2.45, 2.75) is 19.7 Å². The zero-order valence-corrected chi connectivity index (χ0v) is 12.2. The number of hydrogen-bond acceptors (Lipinski definition) is 3. The Bertz CT molecular complexity index is 377. The Morgan fingerprint density at radius 1 is 1.18 bits per heavy atom. The lowest BCUT2D eigenvalue weighted by Crippen LogP contribution is -2.30. The van der Waals surface area contributed by atoms with Crippen LogP contribution in [0.5, 0.6) is 0 Å². The molecule has 17 heavy (non-hydrogen) atoms. The lowest BCUT2D eigenvalue weighted by atomic mass is 10.1. The van der Waals surface area contributed by atoms with Crippen molar-refractivity contribution in [2.24, 2.45) is 0 Å². The summed E-state index contributed by atoms with van der Waals surface area (Å²) in [7, 11) is 6.22. The largest absolute Gasteiger partial charge is 0.358 e. The molecular weight excluding hydrogens is 234 g/mol. The topological polar surface area (TPSA) is 19.4 Å². The number of likely N-dealkylation sites (N-methyl/N-ethyl adjacent to an activating group) is 2. The molecule has 0 atom stereocenters. The zero-order valence-electron chi connectivity index (χ0n) is 11.4. The molecule has 1 aromatic heterocycles. The Hall–Kier alpha value is -0.800. The predicted molar refractivity (Wildman–Crippen MR) is 75.1 cm³/mol. The number of rotatable bonds is 5. The second-order valence-corrected chi connectivity index (χ2v) is 5.01. The molecule has 0 spiro atoms. The molecule has 0 aliphatic heterocycles. The van der Waals surface area contributed by atoms with E-state index in [-0.39, 0.29) is 0 Å². The van der Waals surface area contributed by atoms with Crippen molar-refractivity contribution in [1.82, 2.24) is 9.88 Å². The third-order valence-corrected chi connectivity index (χ3v) is 3.10. The van der Waals surface area contributed by atoms with Crippen molar-refractivity contribution in [2.75, 3.05) is 39.1 Å². The predicted octanol–water partition coefficient (Wildman–Crippen LogP) is 2.44. The van der Waals surface area contributed by atoms with E-state index in [0.29, 0.717) is 5.88 Å². The Balaban J connectivity index is 2.95. The van der Waals surface area contributed by atoms with Gasteiger partial charge in [0, 0.05) is 31.4 Å². The smallest absolute Gasteiger partial charge is 0.133 e. The standard InChI is InChI=1S/C13H22ClN3/c1-10-8-11(2)15-13(12(10)9-14)17(5)7-6-16(3)4/h8H,6-7,9H2,1-5H3. The van der Waals surface area contributed by atoms with Gasteiger partial charge in [0.1, 0.15) is 5.82 Å². The molecule has 0 unspecified atom stereocenters. The molecule has 0 aliphatic rings. The van der Waals surface area contributed by atoms with Gasteiger partial charge >= 0.3 is 0 Å². The Labute approximate surface area is 109 Å². The number of nitrogens with zero attached hydrogens (tertiary/aromatic N) is 3. The molecule has 0 aromatic carbocycles. The number of anilines is 1. The SMILES string of the molecule is Cc1cc(C)c(CCl)c(N(C)CCN(C)C)n1. The minimum Gasteiger partial charge on any atom is -0.358 e. The molecule has 0 N–H and O–H groups in total. The molecule has 4 heteroatoms. The maximum Gasteiger partial charge on any atom is 0.133 e. The van der Waals surface area contributed by atoms with Crippen LogP contribution in [0, 0.1) is 13.8 Å². The van der Waals surface area contributed by atoms with Crippen LogP contribution in [0.1, 0.15) is 16.8 Å². The van der Waals surface area contributed by atoms with E-state index >= 15 is 0 Å². The van der Waals surface area contributed by atoms with E-state index in [1.807, 2.05) is 6.92 Å². The van der Waals surface area contributed by atoms with Gasteiger partial charge in [0.25, 0.3) is 0 Å². The molecule has 1 heterocycles. The highest BCUT2D eigenvalue weighted by Gasteiger charge is 2.12. The van der Waals surface area contributed by atoms with Crippen LogP contribution >= 0.6 is 11.6 Å². The fourth-order valence-corrected chi connectivity index (χ4v) is 2.11. The van der Waals surface area contributed by atoms with Crippen molar-refractivity contribution in [1.29, 1.82) is 0 Å². The first kappa shape index (κ1) is 14.3. The zero-order chi connectivity index (χ0) is 13.0. The Morgan fingerprint density at radius 2 is 1.82 bits per heavy atom. The third kappa shape index (κ3) is 3.86. The van der Waals surface area contributed by atoms with Crippen LogP contribution in [-0.4, -0.2) is 44.1 Å². The molecule has 0 radical (unpaired) electrons. The van der Waals surface area contributed by atoms with E-state index in [9.17, 15) is 0 Å². The average molecular weight is 256 g/mol. The first-order valence-corrected chi connectivity index (χ1v) is 6.38. The number of aryl methyl sites for hydroxylation is 2. The van der Waals surface area contributed by atoms with E-state index in [1.165, 1.54) is 5.56 Å². The fourth-order valence-electron chi connectivity index (χ4n) is 1.78. The van der Waals surface area contributed by atoms with Crippen molar-refractivity contribution < 1.29 is 0 Å². The first-order chi connectivity index (χ1) is 7.95. The van der Waals surface area contributed by atoms with Gasteiger partial charge in [-0.05, 0) is 39.6 Å². The molecule has 3 nitrogen and oxygen atoms in total. The molecule has 0 fully saturated rings. The van der Waals surface area contributed by atoms with Crippen LogP contribution < -0.4 is 4.90 Å². The van der Waals surface area contributed by atoms with Gasteiger partial charge < -0.3 is 9.80 Å². The van der Waals surface area contributed by atoms with Crippen molar-refractivity contribution >= 4 is 17.4 Å². The highest BCUT2D eigenvalue weighted by Crippen LogP contribution is 2.23.